The van der Waals surface area contributed by atoms with E-state index in [1.165, 1.54) is 5.56 Å². The van der Waals surface area contributed by atoms with Crippen molar-refractivity contribution in [1.82, 2.24) is 20.0 Å². The molecule has 192 valence electrons. The molecule has 1 spiro atoms. The van der Waals surface area contributed by atoms with Gasteiger partial charge in [0.2, 0.25) is 0 Å². The fourth-order valence-corrected chi connectivity index (χ4v) is 5.44. The van der Waals surface area contributed by atoms with Crippen LogP contribution in [-0.4, -0.2) is 70.4 Å². The summed E-state index contributed by atoms with van der Waals surface area (Å²) >= 11 is 0. The van der Waals surface area contributed by atoms with Crippen LogP contribution in [0.4, 0.5) is 4.79 Å². The van der Waals surface area contributed by atoms with Gasteiger partial charge in [-0.1, -0.05) is 13.8 Å². The number of likely N-dealkylation sites (N-methyl/N-ethyl adjacent to an activating group) is 2. The molecule has 3 rings (SSSR count). The van der Waals surface area contributed by atoms with Crippen molar-refractivity contribution in [3.63, 3.8) is 0 Å². The van der Waals surface area contributed by atoms with Crippen LogP contribution in [0.2, 0.25) is 0 Å². The van der Waals surface area contributed by atoms with Crippen molar-refractivity contribution in [1.29, 1.82) is 0 Å². The maximum atomic E-state index is 12.7. The van der Waals surface area contributed by atoms with Crippen molar-refractivity contribution in [2.75, 3.05) is 27.2 Å². The second-order valence-electron chi connectivity index (χ2n) is 11.4. The molecule has 0 bridgehead atoms. The van der Waals surface area contributed by atoms with Gasteiger partial charge in [-0.3, -0.25) is 9.89 Å². The number of hydrogen-bond donors (Lipinski definition) is 1. The van der Waals surface area contributed by atoms with Crippen LogP contribution in [0.25, 0.3) is 0 Å². The quantitative estimate of drug-likeness (QED) is 0.539. The largest absolute Gasteiger partial charge is 0.459 e. The van der Waals surface area contributed by atoms with Gasteiger partial charge in [0.15, 0.2) is 0 Å². The number of nitrogens with zero attached hydrogens (tertiary/aromatic N) is 3. The molecular formula is C26H44N4O4. The number of aromatic amines is 1. The minimum absolute atomic E-state index is 0.00869. The summed E-state index contributed by atoms with van der Waals surface area (Å²) in [5.41, 5.74) is 1.26. The van der Waals surface area contributed by atoms with Crippen molar-refractivity contribution in [2.45, 2.75) is 103 Å². The molecule has 0 unspecified atom stereocenters. The molecule has 2 fully saturated rings. The lowest BCUT2D eigenvalue weighted by molar-refractivity contribution is -0.156. The molecule has 8 heteroatoms. The van der Waals surface area contributed by atoms with Gasteiger partial charge in [-0.25, -0.2) is 4.79 Å². The Labute approximate surface area is 204 Å². The summed E-state index contributed by atoms with van der Waals surface area (Å²) in [6, 6.07) is 0. The van der Waals surface area contributed by atoms with Gasteiger partial charge < -0.3 is 19.3 Å². The minimum atomic E-state index is -0.493. The van der Waals surface area contributed by atoms with Crippen LogP contribution in [0, 0.1) is 5.41 Å². The molecular weight excluding hydrogens is 432 g/mol. The predicted octanol–water partition coefficient (Wildman–Crippen LogP) is 4.86. The third kappa shape index (κ3) is 5.93. The molecule has 1 saturated heterocycles. The Balaban J connectivity index is 1.53. The lowest BCUT2D eigenvalue weighted by atomic mass is 9.69. The third-order valence-corrected chi connectivity index (χ3v) is 7.76. The minimum Gasteiger partial charge on any atom is -0.459 e. The Kier molecular flexibility index (Phi) is 8.00. The van der Waals surface area contributed by atoms with Gasteiger partial charge in [-0.2, -0.15) is 5.10 Å². The van der Waals surface area contributed by atoms with Crippen molar-refractivity contribution < 1.29 is 19.1 Å². The topological polar surface area (TPSA) is 87.8 Å². The molecule has 1 aliphatic carbocycles. The molecule has 2 aliphatic rings. The van der Waals surface area contributed by atoms with Crippen LogP contribution in [0.5, 0.6) is 0 Å². The third-order valence-electron chi connectivity index (χ3n) is 7.76. The first-order valence-corrected chi connectivity index (χ1v) is 12.8. The Bertz CT molecular complexity index is 847. The molecule has 8 nitrogen and oxygen atoms in total. The average Bonchev–Trinajstić information content (AvgIpc) is 3.33. The molecule has 1 aromatic rings. The summed E-state index contributed by atoms with van der Waals surface area (Å²) in [5, 5.41) is 7.67. The fourth-order valence-electron chi connectivity index (χ4n) is 5.44. The van der Waals surface area contributed by atoms with Crippen molar-refractivity contribution in [3.8, 4) is 0 Å². The number of amides is 1. The summed E-state index contributed by atoms with van der Waals surface area (Å²) in [5.74, 6) is 0.385. The van der Waals surface area contributed by atoms with E-state index >= 15 is 0 Å². The van der Waals surface area contributed by atoms with E-state index in [-0.39, 0.29) is 23.1 Å². The van der Waals surface area contributed by atoms with Gasteiger partial charge in [0.05, 0.1) is 11.1 Å². The SMILES string of the molecule is CCC1(CC)C[C@]2(CC[C@@H](c3n[nH]cc3CN(C)CCN(C)C(=O)OC(C)(C)C)CC2)OC1=O. The predicted molar refractivity (Wildman–Crippen MR) is 131 cm³/mol. The van der Waals surface area contributed by atoms with Gasteiger partial charge in [-0.15, -0.1) is 0 Å². The van der Waals surface area contributed by atoms with E-state index in [1.54, 1.807) is 11.9 Å². The summed E-state index contributed by atoms with van der Waals surface area (Å²) in [7, 11) is 3.83. The zero-order chi connectivity index (χ0) is 25.1. The molecule has 34 heavy (non-hydrogen) atoms. The van der Waals surface area contributed by atoms with E-state index < -0.39 is 5.60 Å². The van der Waals surface area contributed by atoms with E-state index in [0.717, 1.165) is 63.7 Å². The molecule has 0 radical (unpaired) electrons. The second kappa shape index (κ2) is 10.3. The molecule has 2 heterocycles. The maximum Gasteiger partial charge on any atom is 0.410 e. The highest BCUT2D eigenvalue weighted by molar-refractivity contribution is 5.79. The highest BCUT2D eigenvalue weighted by Gasteiger charge is 2.55. The molecule has 1 amide bonds. The number of H-pyrrole nitrogens is 1. The first kappa shape index (κ1) is 26.5. The van der Waals surface area contributed by atoms with E-state index in [4.69, 9.17) is 9.47 Å². The normalized spacial score (nSPS) is 24.5. The van der Waals surface area contributed by atoms with Crippen LogP contribution >= 0.6 is 0 Å². The van der Waals surface area contributed by atoms with E-state index in [0.29, 0.717) is 12.5 Å². The number of esters is 1. The van der Waals surface area contributed by atoms with Crippen LogP contribution in [0.1, 0.15) is 96.7 Å². The van der Waals surface area contributed by atoms with E-state index in [9.17, 15) is 9.59 Å². The average molecular weight is 477 g/mol. The van der Waals surface area contributed by atoms with Crippen LogP contribution < -0.4 is 0 Å². The molecule has 1 aliphatic heterocycles. The van der Waals surface area contributed by atoms with Gasteiger partial charge in [0.1, 0.15) is 11.2 Å². The monoisotopic (exact) mass is 476 g/mol. The lowest BCUT2D eigenvalue weighted by Gasteiger charge is -2.36. The van der Waals surface area contributed by atoms with Crippen LogP contribution in [-0.2, 0) is 20.8 Å². The highest BCUT2D eigenvalue weighted by Crippen LogP contribution is 2.53. The molecule has 0 atom stereocenters. The van der Waals surface area contributed by atoms with Gasteiger partial charge in [-0.05, 0) is 66.3 Å². The van der Waals surface area contributed by atoms with Gasteiger partial charge in [0.25, 0.3) is 0 Å². The van der Waals surface area contributed by atoms with Crippen LogP contribution in [0.15, 0.2) is 6.20 Å². The number of nitrogens with one attached hydrogen (secondary N) is 1. The molecule has 1 aromatic heterocycles. The zero-order valence-electron chi connectivity index (χ0n) is 22.2. The Morgan fingerprint density at radius 3 is 2.41 bits per heavy atom. The fraction of sp³-hybridized carbons (Fsp3) is 0.808. The number of carbonyl (C=O) groups is 2. The number of rotatable bonds is 8. The number of ether oxygens (including phenoxy) is 2. The summed E-state index contributed by atoms with van der Waals surface area (Å²) < 4.78 is 11.5. The molecule has 0 aromatic carbocycles. The Morgan fingerprint density at radius 1 is 1.21 bits per heavy atom. The Morgan fingerprint density at radius 2 is 1.85 bits per heavy atom. The van der Waals surface area contributed by atoms with Crippen molar-refractivity contribution >= 4 is 12.1 Å². The lowest BCUT2D eigenvalue weighted by Crippen LogP contribution is -2.38. The van der Waals surface area contributed by atoms with Gasteiger partial charge in [0, 0.05) is 50.8 Å². The summed E-state index contributed by atoms with van der Waals surface area (Å²) in [4.78, 5) is 28.7. The summed E-state index contributed by atoms with van der Waals surface area (Å²) in [6.07, 6.45) is 8.05. The number of aromatic nitrogens is 2. The first-order valence-electron chi connectivity index (χ1n) is 12.8. The number of carbonyl (C=O) groups excluding carboxylic acids is 2. The molecule has 1 N–H and O–H groups in total. The second-order valence-corrected chi connectivity index (χ2v) is 11.4. The maximum absolute atomic E-state index is 12.7. The smallest absolute Gasteiger partial charge is 0.410 e. The standard InChI is InChI=1S/C26H44N4O4/c1-8-25(9-2)18-26(33-22(25)31)12-10-19(11-13-26)21-20(16-27-28-21)17-29(6)14-15-30(7)23(32)34-24(3,4)5/h16,19H,8-15,17-18H2,1-7H3,(H,27,28)/t19-,26-. The number of hydrogen-bond acceptors (Lipinski definition) is 6. The Hall–Kier alpha value is -2.09. The van der Waals surface area contributed by atoms with E-state index in [2.05, 4.69) is 36.0 Å². The van der Waals surface area contributed by atoms with Crippen LogP contribution in [0.3, 0.4) is 0 Å². The molecule has 1 saturated carbocycles. The highest BCUT2D eigenvalue weighted by atomic mass is 16.6. The van der Waals surface area contributed by atoms with Gasteiger partial charge >= 0.3 is 12.1 Å². The zero-order valence-corrected chi connectivity index (χ0v) is 22.2. The van der Waals surface area contributed by atoms with Crippen molar-refractivity contribution in [3.05, 3.63) is 17.5 Å². The summed E-state index contributed by atoms with van der Waals surface area (Å²) in [6.45, 7) is 11.9. The van der Waals surface area contributed by atoms with E-state index in [1.807, 2.05) is 27.0 Å². The first-order chi connectivity index (χ1) is 15.9. The van der Waals surface area contributed by atoms with Crippen molar-refractivity contribution in [2.24, 2.45) is 5.41 Å².